The molecule has 1 aromatic heterocycles. The number of pyridine rings is 1. The predicted octanol–water partition coefficient (Wildman–Crippen LogP) is 3.48. The van der Waals surface area contributed by atoms with Gasteiger partial charge in [0.15, 0.2) is 0 Å². The van der Waals surface area contributed by atoms with Crippen LogP contribution in [-0.2, 0) is 16.2 Å². The van der Waals surface area contributed by atoms with E-state index in [0.717, 1.165) is 24.3 Å². The molecule has 0 saturated carbocycles. The first-order chi connectivity index (χ1) is 14.3. The number of halogens is 4. The first-order valence-corrected chi connectivity index (χ1v) is 10.5. The maximum Gasteiger partial charge on any atom is 0.417 e. The number of hydrogen-bond acceptors (Lipinski definition) is 7. The third-order valence-corrected chi connectivity index (χ3v) is 5.85. The third kappa shape index (κ3) is 6.42. The van der Waals surface area contributed by atoms with Gasteiger partial charge in [-0.3, -0.25) is 10.1 Å². The van der Waals surface area contributed by atoms with E-state index in [-0.39, 0.29) is 36.2 Å². The maximum atomic E-state index is 12.9. The van der Waals surface area contributed by atoms with Gasteiger partial charge < -0.3 is 9.64 Å². The van der Waals surface area contributed by atoms with Crippen molar-refractivity contribution in [2.45, 2.75) is 17.5 Å². The lowest BCUT2D eigenvalue weighted by Crippen LogP contribution is -2.26. The molecule has 1 heterocycles. The highest BCUT2D eigenvalue weighted by molar-refractivity contribution is 7.89. The van der Waals surface area contributed by atoms with E-state index in [1.165, 1.54) is 19.0 Å². The van der Waals surface area contributed by atoms with Crippen LogP contribution in [0.2, 0.25) is 5.02 Å². The number of sulfonamides is 1. The van der Waals surface area contributed by atoms with E-state index in [4.69, 9.17) is 16.3 Å². The van der Waals surface area contributed by atoms with Gasteiger partial charge in [-0.2, -0.15) is 13.2 Å². The Labute approximate surface area is 181 Å². The number of ether oxygens (including phenoxy) is 1. The number of anilines is 1. The first-order valence-electron chi connectivity index (χ1n) is 8.64. The van der Waals surface area contributed by atoms with E-state index in [2.05, 4.69) is 9.71 Å². The molecule has 0 aliphatic carbocycles. The van der Waals surface area contributed by atoms with Gasteiger partial charge in [-0.1, -0.05) is 11.6 Å². The topological polar surface area (TPSA) is 115 Å². The minimum absolute atomic E-state index is 0.0393. The highest BCUT2D eigenvalue weighted by Crippen LogP contribution is 2.34. The molecular formula is C17H18ClF3N4O5S. The van der Waals surface area contributed by atoms with Crippen LogP contribution in [-0.4, -0.2) is 45.6 Å². The number of nitrogens with zero attached hydrogens (tertiary/aromatic N) is 3. The number of benzene rings is 1. The molecule has 2 aromatic rings. The minimum atomic E-state index is -4.55. The van der Waals surface area contributed by atoms with Gasteiger partial charge in [0.2, 0.25) is 15.9 Å². The highest BCUT2D eigenvalue weighted by Gasteiger charge is 2.32. The molecule has 14 heteroatoms. The van der Waals surface area contributed by atoms with E-state index >= 15 is 0 Å². The molecule has 0 aliphatic rings. The molecule has 31 heavy (non-hydrogen) atoms. The largest absolute Gasteiger partial charge is 0.476 e. The molecule has 0 bridgehead atoms. The fourth-order valence-corrected chi connectivity index (χ4v) is 3.96. The number of nitro benzene ring substituents is 1. The standard InChI is InChI=1S/C17H18ClF3N4O5S/c1-24(2)14-8-11(17(19,20)21)10-22-16(14)30-7-3-6-23-31(28,29)15-9-12(25(26)27)4-5-13(15)18/h4-5,8-10,23H,3,6-7H2,1-2H3. The van der Waals surface area contributed by atoms with Gasteiger partial charge in [0.1, 0.15) is 4.90 Å². The third-order valence-electron chi connectivity index (χ3n) is 3.91. The second-order valence-corrected chi connectivity index (χ2v) is 8.55. The zero-order valence-electron chi connectivity index (χ0n) is 16.3. The second-order valence-electron chi connectivity index (χ2n) is 6.41. The first kappa shape index (κ1) is 24.6. The lowest BCUT2D eigenvalue weighted by Gasteiger charge is -2.18. The predicted molar refractivity (Wildman–Crippen MR) is 107 cm³/mol. The Morgan fingerprint density at radius 2 is 1.97 bits per heavy atom. The molecule has 2 rings (SSSR count). The van der Waals surface area contributed by atoms with Gasteiger partial charge >= 0.3 is 6.18 Å². The van der Waals surface area contributed by atoms with Crippen molar-refractivity contribution in [1.82, 2.24) is 9.71 Å². The summed E-state index contributed by atoms with van der Waals surface area (Å²) < 4.78 is 70.9. The van der Waals surface area contributed by atoms with Gasteiger partial charge in [0.05, 0.1) is 27.8 Å². The Morgan fingerprint density at radius 3 is 2.55 bits per heavy atom. The summed E-state index contributed by atoms with van der Waals surface area (Å²) in [4.78, 5) is 14.7. The van der Waals surface area contributed by atoms with Crippen molar-refractivity contribution in [3.05, 3.63) is 51.2 Å². The smallest absolute Gasteiger partial charge is 0.417 e. The monoisotopic (exact) mass is 482 g/mol. The lowest BCUT2D eigenvalue weighted by atomic mass is 10.2. The zero-order chi connectivity index (χ0) is 23.4. The van der Waals surface area contributed by atoms with E-state index in [1.54, 1.807) is 0 Å². The SMILES string of the molecule is CN(C)c1cc(C(F)(F)F)cnc1OCCCNS(=O)(=O)c1cc([N+](=O)[O-])ccc1Cl. The summed E-state index contributed by atoms with van der Waals surface area (Å²) in [6.07, 6.45) is -3.76. The molecule has 170 valence electrons. The molecule has 0 aliphatic heterocycles. The quantitative estimate of drug-likeness (QED) is 0.330. The average Bonchev–Trinajstić information content (AvgIpc) is 2.66. The van der Waals surface area contributed by atoms with E-state index in [1.807, 2.05) is 0 Å². The number of nitro groups is 1. The van der Waals surface area contributed by atoms with E-state index in [0.29, 0.717) is 6.20 Å². The normalized spacial score (nSPS) is 11.9. The van der Waals surface area contributed by atoms with Crippen LogP contribution in [0.4, 0.5) is 24.5 Å². The maximum absolute atomic E-state index is 12.9. The van der Waals surface area contributed by atoms with Gasteiger partial charge in [-0.25, -0.2) is 18.1 Å². The summed E-state index contributed by atoms with van der Waals surface area (Å²) in [5, 5.41) is 10.7. The molecule has 9 nitrogen and oxygen atoms in total. The van der Waals surface area contributed by atoms with Crippen molar-refractivity contribution in [2.75, 3.05) is 32.1 Å². The minimum Gasteiger partial charge on any atom is -0.476 e. The second kappa shape index (κ2) is 9.66. The Morgan fingerprint density at radius 1 is 1.29 bits per heavy atom. The van der Waals surface area contributed by atoms with Crippen molar-refractivity contribution in [3.8, 4) is 5.88 Å². The number of nitrogens with one attached hydrogen (secondary N) is 1. The Kier molecular flexibility index (Phi) is 7.68. The van der Waals surface area contributed by atoms with Crippen LogP contribution in [0.25, 0.3) is 0 Å². The number of alkyl halides is 3. The molecular weight excluding hydrogens is 465 g/mol. The van der Waals surface area contributed by atoms with Crippen molar-refractivity contribution in [2.24, 2.45) is 0 Å². The molecule has 0 radical (unpaired) electrons. The van der Waals surface area contributed by atoms with Crippen molar-refractivity contribution in [1.29, 1.82) is 0 Å². The fourth-order valence-electron chi connectivity index (χ4n) is 2.36. The number of aromatic nitrogens is 1. The number of rotatable bonds is 9. The summed E-state index contributed by atoms with van der Waals surface area (Å²) in [6.45, 7) is -0.163. The van der Waals surface area contributed by atoms with Crippen molar-refractivity contribution >= 4 is 33.0 Å². The Balaban J connectivity index is 1.99. The van der Waals surface area contributed by atoms with Crippen LogP contribution in [0, 0.1) is 10.1 Å². The van der Waals surface area contributed by atoms with Crippen molar-refractivity contribution in [3.63, 3.8) is 0 Å². The molecule has 0 atom stereocenters. The molecule has 1 N–H and O–H groups in total. The lowest BCUT2D eigenvalue weighted by molar-refractivity contribution is -0.385. The number of non-ortho nitro benzene ring substituents is 1. The van der Waals surface area contributed by atoms with Crippen LogP contribution >= 0.6 is 11.6 Å². The van der Waals surface area contributed by atoms with Crippen LogP contribution in [0.1, 0.15) is 12.0 Å². The Hall–Kier alpha value is -2.64. The van der Waals surface area contributed by atoms with Gasteiger partial charge in [0, 0.05) is 39.0 Å². The molecule has 1 aromatic carbocycles. The van der Waals surface area contributed by atoms with Crippen LogP contribution in [0.3, 0.4) is 0 Å². The summed E-state index contributed by atoms with van der Waals surface area (Å²) >= 11 is 5.84. The zero-order valence-corrected chi connectivity index (χ0v) is 17.9. The highest BCUT2D eigenvalue weighted by atomic mass is 35.5. The molecule has 0 fully saturated rings. The van der Waals surface area contributed by atoms with Crippen LogP contribution in [0.5, 0.6) is 5.88 Å². The fraction of sp³-hybridized carbons (Fsp3) is 0.353. The van der Waals surface area contributed by atoms with Gasteiger partial charge in [-0.05, 0) is 18.6 Å². The molecule has 0 amide bonds. The number of hydrogen-bond donors (Lipinski definition) is 1. The van der Waals surface area contributed by atoms with E-state index in [9.17, 15) is 31.7 Å². The average molecular weight is 483 g/mol. The summed E-state index contributed by atoms with van der Waals surface area (Å²) in [5.74, 6) is -0.0393. The van der Waals surface area contributed by atoms with Gasteiger partial charge in [-0.15, -0.1) is 0 Å². The summed E-state index contributed by atoms with van der Waals surface area (Å²) in [5.41, 5.74) is -1.25. The molecule has 0 spiro atoms. The summed E-state index contributed by atoms with van der Waals surface area (Å²) in [6, 6.07) is 3.93. The Bertz CT molecular complexity index is 1060. The summed E-state index contributed by atoms with van der Waals surface area (Å²) in [7, 11) is -1.07. The molecule has 0 saturated heterocycles. The molecule has 0 unspecified atom stereocenters. The van der Waals surface area contributed by atoms with Gasteiger partial charge in [0.25, 0.3) is 5.69 Å². The van der Waals surface area contributed by atoms with Crippen LogP contribution < -0.4 is 14.4 Å². The van der Waals surface area contributed by atoms with Crippen LogP contribution in [0.15, 0.2) is 35.4 Å². The van der Waals surface area contributed by atoms with Crippen molar-refractivity contribution < 1.29 is 31.2 Å². The van der Waals surface area contributed by atoms with E-state index < -0.39 is 37.3 Å².